The van der Waals surface area contributed by atoms with Gasteiger partial charge in [0.1, 0.15) is 0 Å². The van der Waals surface area contributed by atoms with Gasteiger partial charge in [0.05, 0.1) is 6.61 Å². The van der Waals surface area contributed by atoms with Crippen LogP contribution in [0.4, 0.5) is 0 Å². The van der Waals surface area contributed by atoms with E-state index in [4.69, 9.17) is 5.73 Å². The maximum absolute atomic E-state index is 11.2. The molecule has 0 aromatic carbocycles. The third kappa shape index (κ3) is 1.97. The number of nitrogens with one attached hydrogen (secondary N) is 1. The molecule has 0 spiro atoms. The number of nitrogens with two attached hydrogens (primary N) is 1. The van der Waals surface area contributed by atoms with Crippen molar-refractivity contribution in [2.24, 2.45) is 10.7 Å². The highest BCUT2D eigenvalue weighted by atomic mass is 16.6. The molecular formula is C7H11N3O3. The highest BCUT2D eigenvalue weighted by Crippen LogP contribution is 2.13. The largest absolute Gasteiger partial charge is 0.462 e. The Morgan fingerprint density at radius 3 is 3.15 bits per heavy atom. The van der Waals surface area contributed by atoms with Gasteiger partial charge in [0, 0.05) is 6.20 Å². The summed E-state index contributed by atoms with van der Waals surface area (Å²) in [4.78, 5) is 14.7. The summed E-state index contributed by atoms with van der Waals surface area (Å²) in [6.45, 7) is 1.82. The number of hydrogen-bond donors (Lipinski definition) is 3. The molecule has 0 bridgehead atoms. The van der Waals surface area contributed by atoms with Crippen LogP contribution in [0.2, 0.25) is 0 Å². The van der Waals surface area contributed by atoms with E-state index in [0.717, 1.165) is 0 Å². The number of carbonyl (C=O) groups excluding carboxylic acids is 1. The number of ether oxygens (including phenoxy) is 1. The van der Waals surface area contributed by atoms with Crippen LogP contribution >= 0.6 is 0 Å². The average molecular weight is 185 g/mol. The van der Waals surface area contributed by atoms with Crippen molar-refractivity contribution >= 4 is 11.9 Å². The lowest BCUT2D eigenvalue weighted by Gasteiger charge is -2.21. The number of hydrogen-bond acceptors (Lipinski definition) is 6. The zero-order chi connectivity index (χ0) is 9.90. The fourth-order valence-electron chi connectivity index (χ4n) is 0.847. The molecule has 0 saturated carbocycles. The lowest BCUT2D eigenvalue weighted by Crippen LogP contribution is -2.44. The van der Waals surface area contributed by atoms with Crippen LogP contribution in [0.5, 0.6) is 0 Å². The van der Waals surface area contributed by atoms with Gasteiger partial charge >= 0.3 is 5.97 Å². The Labute approximate surface area is 75.1 Å². The molecule has 1 atom stereocenters. The van der Waals surface area contributed by atoms with Crippen LogP contribution in [0, 0.1) is 0 Å². The Kier molecular flexibility index (Phi) is 2.52. The topological polar surface area (TPSA) is 96.9 Å². The van der Waals surface area contributed by atoms with E-state index < -0.39 is 11.7 Å². The molecule has 1 aliphatic heterocycles. The van der Waals surface area contributed by atoms with E-state index in [1.165, 1.54) is 12.3 Å². The first-order valence-electron chi connectivity index (χ1n) is 3.77. The fourth-order valence-corrected chi connectivity index (χ4v) is 0.847. The van der Waals surface area contributed by atoms with E-state index in [-0.39, 0.29) is 12.6 Å². The van der Waals surface area contributed by atoms with E-state index in [9.17, 15) is 9.90 Å². The van der Waals surface area contributed by atoms with Gasteiger partial charge in [-0.05, 0) is 13.0 Å². The maximum atomic E-state index is 11.2. The van der Waals surface area contributed by atoms with Gasteiger partial charge in [-0.25, -0.2) is 9.79 Å². The van der Waals surface area contributed by atoms with Gasteiger partial charge in [-0.1, -0.05) is 0 Å². The smallest absolute Gasteiger partial charge is 0.366 e. The van der Waals surface area contributed by atoms with E-state index >= 15 is 0 Å². The lowest BCUT2D eigenvalue weighted by molar-refractivity contribution is -0.159. The average Bonchev–Trinajstić information content (AvgIpc) is 2.04. The molecule has 4 N–H and O–H groups in total. The van der Waals surface area contributed by atoms with Crippen molar-refractivity contribution in [2.45, 2.75) is 12.6 Å². The van der Waals surface area contributed by atoms with Crippen LogP contribution in [0.15, 0.2) is 17.3 Å². The predicted molar refractivity (Wildman–Crippen MR) is 45.5 cm³/mol. The summed E-state index contributed by atoms with van der Waals surface area (Å²) in [6.07, 6.45) is 2.50. The summed E-state index contributed by atoms with van der Waals surface area (Å²) in [7, 11) is 0. The number of guanidine groups is 1. The summed E-state index contributed by atoms with van der Waals surface area (Å²) in [5.74, 6) is -0.867. The monoisotopic (exact) mass is 185 g/mol. The first-order valence-corrected chi connectivity index (χ1v) is 3.77. The summed E-state index contributed by atoms with van der Waals surface area (Å²) >= 11 is 0. The Morgan fingerprint density at radius 2 is 2.62 bits per heavy atom. The van der Waals surface area contributed by atoms with Gasteiger partial charge in [-0.3, -0.25) is 0 Å². The molecule has 1 heterocycles. The van der Waals surface area contributed by atoms with Crippen molar-refractivity contribution in [3.63, 3.8) is 0 Å². The third-order valence-corrected chi connectivity index (χ3v) is 1.41. The molecule has 0 aromatic heterocycles. The Balaban J connectivity index is 2.80. The molecule has 13 heavy (non-hydrogen) atoms. The molecule has 0 aliphatic carbocycles. The maximum Gasteiger partial charge on any atom is 0.366 e. The second kappa shape index (κ2) is 3.44. The van der Waals surface area contributed by atoms with Crippen molar-refractivity contribution in [3.05, 3.63) is 12.3 Å². The van der Waals surface area contributed by atoms with Crippen molar-refractivity contribution in [1.29, 1.82) is 0 Å². The number of aliphatic hydroxyl groups is 1. The van der Waals surface area contributed by atoms with Crippen molar-refractivity contribution in [3.8, 4) is 0 Å². The fraction of sp³-hybridized carbons (Fsp3) is 0.429. The highest BCUT2D eigenvalue weighted by molar-refractivity contribution is 5.89. The second-order valence-electron chi connectivity index (χ2n) is 2.42. The second-order valence-corrected chi connectivity index (χ2v) is 2.42. The molecule has 72 valence electrons. The standard InChI is InChI=1S/C7H11N3O3/c1-2-13-5(11)7(12)3-4-9-6(8)10-7/h3-4,12H,2H2,1H3,(H3,8,9,10). The van der Waals surface area contributed by atoms with E-state index in [0.29, 0.717) is 0 Å². The molecule has 1 unspecified atom stereocenters. The van der Waals surface area contributed by atoms with Gasteiger partial charge in [0.2, 0.25) is 0 Å². The molecule has 1 rings (SSSR count). The molecule has 0 saturated heterocycles. The molecule has 1 aliphatic rings. The van der Waals surface area contributed by atoms with Gasteiger partial charge < -0.3 is 20.9 Å². The van der Waals surface area contributed by atoms with Crippen LogP contribution in [-0.4, -0.2) is 29.4 Å². The first kappa shape index (κ1) is 9.53. The van der Waals surface area contributed by atoms with Crippen LogP contribution in [0.25, 0.3) is 0 Å². The molecule has 6 heteroatoms. The molecule has 0 aromatic rings. The van der Waals surface area contributed by atoms with E-state index in [1.807, 2.05) is 0 Å². The van der Waals surface area contributed by atoms with Gasteiger partial charge in [0.15, 0.2) is 5.96 Å². The number of aliphatic imine (C=N–C) groups is 1. The highest BCUT2D eigenvalue weighted by Gasteiger charge is 2.36. The number of carbonyl (C=O) groups is 1. The van der Waals surface area contributed by atoms with E-state index in [1.54, 1.807) is 6.92 Å². The van der Waals surface area contributed by atoms with E-state index in [2.05, 4.69) is 15.0 Å². The first-order chi connectivity index (χ1) is 6.08. The van der Waals surface area contributed by atoms with Crippen molar-refractivity contribution < 1.29 is 14.6 Å². The van der Waals surface area contributed by atoms with Crippen LogP contribution in [-0.2, 0) is 9.53 Å². The van der Waals surface area contributed by atoms with Gasteiger partial charge in [-0.15, -0.1) is 0 Å². The molecular weight excluding hydrogens is 174 g/mol. The van der Waals surface area contributed by atoms with Gasteiger partial charge in [-0.2, -0.15) is 0 Å². The summed E-state index contributed by atoms with van der Waals surface area (Å²) in [6, 6.07) is 0. The summed E-state index contributed by atoms with van der Waals surface area (Å²) in [5.41, 5.74) is 3.28. The zero-order valence-electron chi connectivity index (χ0n) is 7.15. The summed E-state index contributed by atoms with van der Waals surface area (Å²) < 4.78 is 4.60. The molecule has 0 radical (unpaired) electrons. The minimum absolute atomic E-state index is 0.0296. The molecule has 0 fully saturated rings. The number of esters is 1. The normalized spacial score (nSPS) is 26.2. The predicted octanol–water partition coefficient (Wildman–Crippen LogP) is -1.33. The SMILES string of the molecule is CCOC(=O)C1(O)C=CNC(N)=N1. The number of rotatable bonds is 2. The zero-order valence-corrected chi connectivity index (χ0v) is 7.15. The van der Waals surface area contributed by atoms with Crippen molar-refractivity contribution in [2.75, 3.05) is 6.61 Å². The molecule has 6 nitrogen and oxygen atoms in total. The minimum atomic E-state index is -1.98. The lowest BCUT2D eigenvalue weighted by atomic mass is 10.2. The Bertz CT molecular complexity index is 274. The minimum Gasteiger partial charge on any atom is -0.462 e. The molecule has 0 amide bonds. The quantitative estimate of drug-likeness (QED) is 0.463. The van der Waals surface area contributed by atoms with Crippen LogP contribution < -0.4 is 11.1 Å². The number of nitrogens with zero attached hydrogens (tertiary/aromatic N) is 1. The Hall–Kier alpha value is -1.56. The Morgan fingerprint density at radius 1 is 1.92 bits per heavy atom. The van der Waals surface area contributed by atoms with Crippen molar-refractivity contribution in [1.82, 2.24) is 5.32 Å². The van der Waals surface area contributed by atoms with Gasteiger partial charge in [0.25, 0.3) is 5.72 Å². The van der Waals surface area contributed by atoms with Crippen LogP contribution in [0.3, 0.4) is 0 Å². The third-order valence-electron chi connectivity index (χ3n) is 1.41. The summed E-state index contributed by atoms with van der Waals surface area (Å²) in [5, 5.41) is 12.1. The van der Waals surface area contributed by atoms with Crippen LogP contribution in [0.1, 0.15) is 6.92 Å².